The Kier molecular flexibility index (Phi) is 1.86. The van der Waals surface area contributed by atoms with Gasteiger partial charge in [-0.25, -0.2) is 14.6 Å². The van der Waals surface area contributed by atoms with Crippen LogP contribution in [0, 0.1) is 5.41 Å². The fourth-order valence-corrected chi connectivity index (χ4v) is 3.92. The van der Waals surface area contributed by atoms with Gasteiger partial charge in [-0.2, -0.15) is 10.1 Å². The summed E-state index contributed by atoms with van der Waals surface area (Å²) in [6.45, 7) is 6.63. The van der Waals surface area contributed by atoms with Crippen LogP contribution in [-0.4, -0.2) is 24.6 Å². The lowest BCUT2D eigenvalue weighted by Crippen LogP contribution is -2.34. The summed E-state index contributed by atoms with van der Waals surface area (Å²) in [4.78, 5) is 33.5. The van der Waals surface area contributed by atoms with Crippen molar-refractivity contribution in [3.8, 4) is 0 Å². The zero-order valence-corrected chi connectivity index (χ0v) is 11.6. The smallest absolute Gasteiger partial charge is 0.256 e. The first-order chi connectivity index (χ1) is 9.34. The fourth-order valence-electron chi connectivity index (χ4n) is 3.92. The van der Waals surface area contributed by atoms with E-state index in [4.69, 9.17) is 0 Å². The molecule has 2 heterocycles. The van der Waals surface area contributed by atoms with E-state index in [0.717, 1.165) is 28.7 Å². The van der Waals surface area contributed by atoms with Crippen LogP contribution in [0.25, 0.3) is 5.78 Å². The zero-order valence-electron chi connectivity index (χ0n) is 11.6. The Labute approximate surface area is 114 Å². The number of rotatable bonds is 0. The number of nitrogens with zero attached hydrogens (tertiary/aromatic N) is 4. The van der Waals surface area contributed by atoms with Crippen molar-refractivity contribution in [3.63, 3.8) is 0 Å². The van der Waals surface area contributed by atoms with Crippen LogP contribution in [0.15, 0.2) is 9.59 Å². The average Bonchev–Trinajstić information content (AvgIpc) is 2.68. The first-order valence-corrected chi connectivity index (χ1v) is 6.76. The van der Waals surface area contributed by atoms with Crippen molar-refractivity contribution in [2.75, 3.05) is 0 Å². The molecule has 0 aromatic carbocycles. The van der Waals surface area contributed by atoms with Crippen molar-refractivity contribution in [3.05, 3.63) is 32.4 Å². The van der Waals surface area contributed by atoms with Crippen LogP contribution in [0.5, 0.6) is 0 Å². The Morgan fingerprint density at radius 3 is 2.75 bits per heavy atom. The minimum atomic E-state index is -0.684. The van der Waals surface area contributed by atoms with Crippen molar-refractivity contribution in [1.82, 2.24) is 24.6 Å². The molecular weight excluding hydrogens is 258 g/mol. The minimum absolute atomic E-state index is 0.0559. The highest BCUT2D eigenvalue weighted by atomic mass is 16.2. The summed E-state index contributed by atoms with van der Waals surface area (Å²) in [5, 5.41) is 4.43. The highest BCUT2D eigenvalue weighted by Gasteiger charge is 2.61. The third-order valence-electron chi connectivity index (χ3n) is 5.54. The normalized spacial score (nSPS) is 29.9. The van der Waals surface area contributed by atoms with Gasteiger partial charge in [0.1, 0.15) is 0 Å². The van der Waals surface area contributed by atoms with E-state index in [0.29, 0.717) is 5.92 Å². The van der Waals surface area contributed by atoms with Crippen LogP contribution in [-0.2, 0) is 5.41 Å². The molecule has 2 aliphatic carbocycles. The summed E-state index contributed by atoms with van der Waals surface area (Å²) < 4.78 is 1.10. The molecule has 2 atom stereocenters. The molecule has 20 heavy (non-hydrogen) atoms. The molecular formula is C13H15N5O2. The Balaban J connectivity index is 2.14. The summed E-state index contributed by atoms with van der Waals surface area (Å²) in [5.74, 6) is 0.389. The average molecular weight is 273 g/mol. The Morgan fingerprint density at radius 1 is 1.25 bits per heavy atom. The lowest BCUT2D eigenvalue weighted by molar-refractivity contribution is 0.227. The van der Waals surface area contributed by atoms with Gasteiger partial charge < -0.3 is 0 Å². The molecule has 0 saturated heterocycles. The molecule has 1 fully saturated rings. The van der Waals surface area contributed by atoms with Gasteiger partial charge in [0, 0.05) is 11.3 Å². The molecule has 0 amide bonds. The summed E-state index contributed by atoms with van der Waals surface area (Å²) in [6, 6.07) is 0. The van der Waals surface area contributed by atoms with E-state index in [-0.39, 0.29) is 16.6 Å². The van der Waals surface area contributed by atoms with Crippen molar-refractivity contribution < 1.29 is 0 Å². The quantitative estimate of drug-likeness (QED) is 0.747. The van der Waals surface area contributed by atoms with Crippen molar-refractivity contribution in [2.45, 2.75) is 44.9 Å². The van der Waals surface area contributed by atoms with Crippen molar-refractivity contribution in [2.24, 2.45) is 5.41 Å². The molecule has 0 aliphatic heterocycles. The molecule has 2 bridgehead atoms. The number of hydrogen-bond donors (Lipinski definition) is 1. The first-order valence-electron chi connectivity index (χ1n) is 6.76. The second kappa shape index (κ2) is 3.16. The molecule has 104 valence electrons. The topological polar surface area (TPSA) is 93.0 Å². The zero-order chi connectivity index (χ0) is 14.3. The molecule has 2 aromatic rings. The highest BCUT2D eigenvalue weighted by Crippen LogP contribution is 2.66. The monoisotopic (exact) mass is 273 g/mol. The maximum Gasteiger partial charge on any atom is 0.353 e. The second-order valence-electron chi connectivity index (χ2n) is 6.55. The van der Waals surface area contributed by atoms with E-state index >= 15 is 0 Å². The van der Waals surface area contributed by atoms with Crippen LogP contribution < -0.4 is 11.4 Å². The van der Waals surface area contributed by atoms with E-state index in [1.807, 2.05) is 0 Å². The molecule has 0 radical (unpaired) electrons. The van der Waals surface area contributed by atoms with Gasteiger partial charge in [0.15, 0.2) is 0 Å². The highest BCUT2D eigenvalue weighted by molar-refractivity contribution is 5.43. The maximum absolute atomic E-state index is 11.8. The van der Waals surface area contributed by atoms with Gasteiger partial charge in [-0.05, 0) is 18.3 Å². The summed E-state index contributed by atoms with van der Waals surface area (Å²) >= 11 is 0. The molecule has 1 N–H and O–H groups in total. The van der Waals surface area contributed by atoms with Gasteiger partial charge in [0.2, 0.25) is 0 Å². The largest absolute Gasteiger partial charge is 0.353 e. The summed E-state index contributed by atoms with van der Waals surface area (Å²) in [7, 11) is 0. The Hall–Kier alpha value is -2.05. The fraction of sp³-hybridized carbons (Fsp3) is 0.615. The molecule has 1 saturated carbocycles. The van der Waals surface area contributed by atoms with Crippen molar-refractivity contribution >= 4 is 5.78 Å². The minimum Gasteiger partial charge on any atom is -0.256 e. The third kappa shape index (κ3) is 1.10. The van der Waals surface area contributed by atoms with E-state index in [9.17, 15) is 9.59 Å². The number of fused-ring (bicyclic) bond motifs is 6. The van der Waals surface area contributed by atoms with Gasteiger partial charge in [-0.15, -0.1) is 4.52 Å². The van der Waals surface area contributed by atoms with Crippen LogP contribution in [0.3, 0.4) is 0 Å². The molecule has 0 spiro atoms. The molecule has 4 rings (SSSR count). The van der Waals surface area contributed by atoms with E-state index in [2.05, 4.69) is 40.8 Å². The van der Waals surface area contributed by atoms with Gasteiger partial charge in [-0.1, -0.05) is 20.8 Å². The van der Waals surface area contributed by atoms with Crippen LogP contribution in [0.2, 0.25) is 0 Å². The van der Waals surface area contributed by atoms with Gasteiger partial charge >= 0.3 is 11.4 Å². The predicted molar refractivity (Wildman–Crippen MR) is 70.8 cm³/mol. The number of nitrogens with one attached hydrogen (secondary N) is 1. The lowest BCUT2D eigenvalue weighted by atomic mass is 9.70. The number of hydrogen-bond acceptors (Lipinski definition) is 5. The predicted octanol–water partition coefficient (Wildman–Crippen LogP) is 0.348. The molecule has 7 nitrogen and oxygen atoms in total. The lowest BCUT2D eigenvalue weighted by Gasteiger charge is -2.33. The van der Waals surface area contributed by atoms with E-state index in [1.165, 1.54) is 0 Å². The number of aromatic amines is 1. The van der Waals surface area contributed by atoms with Gasteiger partial charge in [0.25, 0.3) is 5.78 Å². The van der Waals surface area contributed by atoms with E-state index in [1.54, 1.807) is 0 Å². The Morgan fingerprint density at radius 2 is 2.00 bits per heavy atom. The first kappa shape index (κ1) is 11.7. The standard InChI is InChI=1S/C13H15N5O2/c1-12(2)6-4-5-13(12,3)8-7(6)17-18-9(14-8)15-10(19)16-11(18)20/h6H,4-5H2,1-3H3,(H,16,19,20)/t6-,13+/m1/s1. The number of H-pyrrole nitrogens is 1. The van der Waals surface area contributed by atoms with Crippen LogP contribution in [0.4, 0.5) is 0 Å². The second-order valence-corrected chi connectivity index (χ2v) is 6.55. The van der Waals surface area contributed by atoms with E-state index < -0.39 is 11.4 Å². The summed E-state index contributed by atoms with van der Waals surface area (Å²) in [6.07, 6.45) is 2.11. The SMILES string of the molecule is CC1(C)[C@@H]2CC[C@@]1(C)c1nc3nc(=O)[nH]c(=O)n3nc12. The summed E-state index contributed by atoms with van der Waals surface area (Å²) in [5.41, 5.74) is 0.504. The van der Waals surface area contributed by atoms with Gasteiger partial charge in [-0.3, -0.25) is 4.98 Å². The van der Waals surface area contributed by atoms with Crippen LogP contribution in [0.1, 0.15) is 50.9 Å². The molecule has 2 aliphatic rings. The van der Waals surface area contributed by atoms with Gasteiger partial charge in [0.05, 0.1) is 11.4 Å². The third-order valence-corrected chi connectivity index (χ3v) is 5.54. The molecule has 0 unspecified atom stereocenters. The molecule has 2 aromatic heterocycles. The molecule has 7 heteroatoms. The van der Waals surface area contributed by atoms with Crippen molar-refractivity contribution in [1.29, 1.82) is 0 Å². The van der Waals surface area contributed by atoms with Crippen LogP contribution >= 0.6 is 0 Å². The maximum atomic E-state index is 11.8. The number of aromatic nitrogens is 5. The Bertz CT molecular complexity index is 865.